The van der Waals surface area contributed by atoms with E-state index in [0.717, 1.165) is 16.8 Å². The lowest BCUT2D eigenvalue weighted by Gasteiger charge is -2.11. The molecule has 2 rings (SSSR count). The number of carbonyl (C=O) groups is 1. The highest BCUT2D eigenvalue weighted by Gasteiger charge is 2.11. The third-order valence-corrected chi connectivity index (χ3v) is 3.15. The molecule has 0 aliphatic heterocycles. The van der Waals surface area contributed by atoms with Gasteiger partial charge in [-0.05, 0) is 42.3 Å². The number of aryl methyl sites for hydroxylation is 1. The second-order valence-corrected chi connectivity index (χ2v) is 4.71. The second kappa shape index (κ2) is 5.87. The maximum Gasteiger partial charge on any atom is 0.255 e. The van der Waals surface area contributed by atoms with Crippen molar-refractivity contribution in [2.45, 2.75) is 13.5 Å². The number of amides is 1. The van der Waals surface area contributed by atoms with Crippen LogP contribution in [-0.4, -0.2) is 5.91 Å². The zero-order valence-corrected chi connectivity index (χ0v) is 11.4. The molecule has 0 unspecified atom stereocenters. The Hall–Kier alpha value is -1.84. The summed E-state index contributed by atoms with van der Waals surface area (Å²) in [5.41, 5.74) is 8.74. The summed E-state index contributed by atoms with van der Waals surface area (Å²) in [6, 6.07) is 12.7. The summed E-state index contributed by atoms with van der Waals surface area (Å²) in [5.74, 6) is -0.157. The van der Waals surface area contributed by atoms with Gasteiger partial charge in [0.1, 0.15) is 0 Å². The number of halogens is 1. The van der Waals surface area contributed by atoms with Crippen molar-refractivity contribution in [3.05, 3.63) is 64.2 Å². The minimum Gasteiger partial charge on any atom is -0.326 e. The molecule has 4 heteroatoms. The van der Waals surface area contributed by atoms with Crippen LogP contribution in [0.25, 0.3) is 0 Å². The van der Waals surface area contributed by atoms with Crippen LogP contribution in [0.1, 0.15) is 21.5 Å². The maximum atomic E-state index is 12.2. The Morgan fingerprint density at radius 2 is 2.00 bits per heavy atom. The van der Waals surface area contributed by atoms with Crippen molar-refractivity contribution in [2.75, 3.05) is 5.32 Å². The van der Waals surface area contributed by atoms with Crippen LogP contribution < -0.4 is 11.1 Å². The molecule has 0 bridgehead atoms. The summed E-state index contributed by atoms with van der Waals surface area (Å²) in [5, 5.41) is 3.50. The van der Waals surface area contributed by atoms with Gasteiger partial charge in [-0.1, -0.05) is 29.8 Å². The predicted octanol–water partition coefficient (Wildman–Crippen LogP) is 3.36. The van der Waals surface area contributed by atoms with Gasteiger partial charge in [0, 0.05) is 22.8 Å². The van der Waals surface area contributed by atoms with Gasteiger partial charge in [0.25, 0.3) is 5.91 Å². The molecular formula is C15H15ClN2O. The van der Waals surface area contributed by atoms with E-state index in [1.807, 2.05) is 31.2 Å². The molecule has 19 heavy (non-hydrogen) atoms. The van der Waals surface area contributed by atoms with Gasteiger partial charge in [-0.15, -0.1) is 0 Å². The van der Waals surface area contributed by atoms with Crippen LogP contribution in [-0.2, 0) is 6.54 Å². The lowest BCUT2D eigenvalue weighted by atomic mass is 10.1. The van der Waals surface area contributed by atoms with Crippen molar-refractivity contribution in [3.63, 3.8) is 0 Å². The molecule has 98 valence electrons. The molecule has 0 saturated heterocycles. The number of carbonyl (C=O) groups excluding carboxylic acids is 1. The number of nitrogens with two attached hydrogens (primary N) is 1. The van der Waals surface area contributed by atoms with Crippen molar-refractivity contribution in [3.8, 4) is 0 Å². The Labute approximate surface area is 117 Å². The molecule has 0 saturated carbocycles. The fraction of sp³-hybridized carbons (Fsp3) is 0.133. The molecule has 0 spiro atoms. The van der Waals surface area contributed by atoms with Gasteiger partial charge in [-0.2, -0.15) is 0 Å². The largest absolute Gasteiger partial charge is 0.326 e. The van der Waals surface area contributed by atoms with Crippen LogP contribution in [0, 0.1) is 6.92 Å². The standard InChI is InChI=1S/C15H15ClN2O/c1-10-8-12(16)6-7-13(10)15(19)18-14-5-3-2-4-11(14)9-17/h2-8H,9,17H2,1H3,(H,18,19). The third kappa shape index (κ3) is 3.13. The third-order valence-electron chi connectivity index (χ3n) is 2.92. The van der Waals surface area contributed by atoms with E-state index in [4.69, 9.17) is 17.3 Å². The molecule has 3 nitrogen and oxygen atoms in total. The minimum absolute atomic E-state index is 0.157. The number of benzene rings is 2. The maximum absolute atomic E-state index is 12.2. The highest BCUT2D eigenvalue weighted by Crippen LogP contribution is 2.19. The van der Waals surface area contributed by atoms with E-state index in [9.17, 15) is 4.79 Å². The van der Waals surface area contributed by atoms with Crippen LogP contribution in [0.15, 0.2) is 42.5 Å². The van der Waals surface area contributed by atoms with E-state index in [2.05, 4.69) is 5.32 Å². The lowest BCUT2D eigenvalue weighted by molar-refractivity contribution is 0.102. The fourth-order valence-corrected chi connectivity index (χ4v) is 2.12. The first-order valence-electron chi connectivity index (χ1n) is 5.97. The van der Waals surface area contributed by atoms with E-state index in [1.54, 1.807) is 18.2 Å². The molecule has 0 aliphatic rings. The average Bonchev–Trinajstić information content (AvgIpc) is 2.39. The zero-order chi connectivity index (χ0) is 13.8. The summed E-state index contributed by atoms with van der Waals surface area (Å²) in [4.78, 5) is 12.2. The molecular weight excluding hydrogens is 260 g/mol. The van der Waals surface area contributed by atoms with E-state index >= 15 is 0 Å². The highest BCUT2D eigenvalue weighted by molar-refractivity contribution is 6.30. The van der Waals surface area contributed by atoms with Gasteiger partial charge in [0.2, 0.25) is 0 Å². The number of hydrogen-bond acceptors (Lipinski definition) is 2. The summed E-state index contributed by atoms with van der Waals surface area (Å²) >= 11 is 5.88. The van der Waals surface area contributed by atoms with Crippen molar-refractivity contribution in [2.24, 2.45) is 5.73 Å². The second-order valence-electron chi connectivity index (χ2n) is 4.27. The van der Waals surface area contributed by atoms with E-state index in [-0.39, 0.29) is 5.91 Å². The average molecular weight is 275 g/mol. The zero-order valence-electron chi connectivity index (χ0n) is 10.6. The number of nitrogens with one attached hydrogen (secondary N) is 1. The molecule has 1 amide bonds. The Morgan fingerprint density at radius 1 is 1.26 bits per heavy atom. The van der Waals surface area contributed by atoms with Crippen LogP contribution in [0.5, 0.6) is 0 Å². The molecule has 0 aliphatic carbocycles. The molecule has 0 radical (unpaired) electrons. The normalized spacial score (nSPS) is 10.3. The van der Waals surface area contributed by atoms with Gasteiger partial charge in [-0.3, -0.25) is 4.79 Å². The summed E-state index contributed by atoms with van der Waals surface area (Å²) in [6.07, 6.45) is 0. The van der Waals surface area contributed by atoms with Gasteiger partial charge in [0.05, 0.1) is 0 Å². The van der Waals surface area contributed by atoms with Crippen molar-refractivity contribution in [1.82, 2.24) is 0 Å². The van der Waals surface area contributed by atoms with Crippen molar-refractivity contribution >= 4 is 23.2 Å². The smallest absolute Gasteiger partial charge is 0.255 e. The van der Waals surface area contributed by atoms with Crippen LogP contribution >= 0.6 is 11.6 Å². The van der Waals surface area contributed by atoms with Crippen molar-refractivity contribution in [1.29, 1.82) is 0 Å². The van der Waals surface area contributed by atoms with E-state index in [1.165, 1.54) is 0 Å². The first-order chi connectivity index (χ1) is 9.11. The lowest BCUT2D eigenvalue weighted by Crippen LogP contribution is -2.15. The summed E-state index contributed by atoms with van der Waals surface area (Å²) < 4.78 is 0. The number of para-hydroxylation sites is 1. The SMILES string of the molecule is Cc1cc(Cl)ccc1C(=O)Nc1ccccc1CN. The van der Waals surface area contributed by atoms with Crippen LogP contribution in [0.3, 0.4) is 0 Å². The first-order valence-corrected chi connectivity index (χ1v) is 6.35. The van der Waals surface area contributed by atoms with Crippen LogP contribution in [0.4, 0.5) is 5.69 Å². The van der Waals surface area contributed by atoms with Gasteiger partial charge in [0.15, 0.2) is 0 Å². The van der Waals surface area contributed by atoms with Gasteiger partial charge in [-0.25, -0.2) is 0 Å². The molecule has 0 fully saturated rings. The number of rotatable bonds is 3. The predicted molar refractivity (Wildman–Crippen MR) is 78.5 cm³/mol. The highest BCUT2D eigenvalue weighted by atomic mass is 35.5. The summed E-state index contributed by atoms with van der Waals surface area (Å²) in [6.45, 7) is 2.24. The van der Waals surface area contributed by atoms with Gasteiger partial charge >= 0.3 is 0 Å². The molecule has 0 atom stereocenters. The molecule has 2 aromatic carbocycles. The van der Waals surface area contributed by atoms with Crippen molar-refractivity contribution < 1.29 is 4.79 Å². The molecule has 0 heterocycles. The van der Waals surface area contributed by atoms with E-state index in [0.29, 0.717) is 17.1 Å². The van der Waals surface area contributed by atoms with Crippen LogP contribution in [0.2, 0.25) is 5.02 Å². The minimum atomic E-state index is -0.157. The quantitative estimate of drug-likeness (QED) is 0.902. The Balaban J connectivity index is 2.26. The summed E-state index contributed by atoms with van der Waals surface area (Å²) in [7, 11) is 0. The van der Waals surface area contributed by atoms with Gasteiger partial charge < -0.3 is 11.1 Å². The topological polar surface area (TPSA) is 55.1 Å². The number of anilines is 1. The Bertz CT molecular complexity index is 611. The molecule has 2 aromatic rings. The first kappa shape index (κ1) is 13.6. The number of hydrogen-bond donors (Lipinski definition) is 2. The molecule has 0 aromatic heterocycles. The Kier molecular flexibility index (Phi) is 4.20. The van der Waals surface area contributed by atoms with E-state index < -0.39 is 0 Å². The molecule has 3 N–H and O–H groups in total. The Morgan fingerprint density at radius 3 is 2.68 bits per heavy atom. The monoisotopic (exact) mass is 274 g/mol. The fourth-order valence-electron chi connectivity index (χ4n) is 1.89.